The van der Waals surface area contributed by atoms with Gasteiger partial charge >= 0.3 is 0 Å². The molecule has 0 radical (unpaired) electrons. The molecule has 0 spiro atoms. The largest absolute Gasteiger partial charge is 0.309 e. The summed E-state index contributed by atoms with van der Waals surface area (Å²) in [6.07, 6.45) is 0. The minimum Gasteiger partial charge on any atom is -0.309 e. The van der Waals surface area contributed by atoms with E-state index in [1.807, 2.05) is 22.7 Å². The highest BCUT2D eigenvalue weighted by molar-refractivity contribution is 7.26. The highest BCUT2D eigenvalue weighted by Gasteiger charge is 2.20. The summed E-state index contributed by atoms with van der Waals surface area (Å²) in [5.74, 6) is 0. The number of hydrogen-bond donors (Lipinski definition) is 0. The second-order valence-electron chi connectivity index (χ2n) is 14.9. The lowest BCUT2D eigenvalue weighted by Gasteiger charge is -2.26. The quantitative estimate of drug-likeness (QED) is 0.163. The van der Waals surface area contributed by atoms with Crippen molar-refractivity contribution in [3.05, 3.63) is 206 Å². The smallest absolute Gasteiger partial charge is 0.109 e. The van der Waals surface area contributed by atoms with Gasteiger partial charge in [-0.25, -0.2) is 0 Å². The topological polar surface area (TPSA) is 8.17 Å². The Morgan fingerprint density at radius 3 is 1.79 bits per heavy atom. The minimum absolute atomic E-state index is 1.12. The summed E-state index contributed by atoms with van der Waals surface area (Å²) in [5, 5.41) is 9.04. The SMILES string of the molecule is c1ccc(-n2c3ccccc3c3c4ccc(-c5ccc(N(c6ccc(-c7ccc8ccccc8c7)cc6)c6cccc7c6sc6ccccc67)cc5)cc4sc32)cc1. The molecule has 0 aliphatic rings. The lowest BCUT2D eigenvalue weighted by molar-refractivity contribution is 1.19. The molecule has 0 amide bonds. The Bertz CT molecular complexity index is 3500. The van der Waals surface area contributed by atoms with Gasteiger partial charge in [-0.3, -0.25) is 0 Å². The maximum absolute atomic E-state index is 2.42. The number of thiophene rings is 2. The number of rotatable bonds is 6. The van der Waals surface area contributed by atoms with Gasteiger partial charge in [0.25, 0.3) is 0 Å². The van der Waals surface area contributed by atoms with Crippen LogP contribution in [0.15, 0.2) is 206 Å². The zero-order chi connectivity index (χ0) is 38.2. The molecule has 9 aromatic carbocycles. The molecule has 3 heterocycles. The summed E-state index contributed by atoms with van der Waals surface area (Å²) in [6, 6.07) is 75.5. The van der Waals surface area contributed by atoms with Crippen molar-refractivity contribution >= 4 is 102 Å². The van der Waals surface area contributed by atoms with Gasteiger partial charge in [0.2, 0.25) is 0 Å². The predicted molar refractivity (Wildman–Crippen MR) is 252 cm³/mol. The van der Waals surface area contributed by atoms with Crippen LogP contribution < -0.4 is 4.90 Å². The van der Waals surface area contributed by atoms with Crippen LogP contribution in [0.2, 0.25) is 0 Å². The fourth-order valence-corrected chi connectivity index (χ4v) is 11.3. The Morgan fingerprint density at radius 2 is 1.00 bits per heavy atom. The zero-order valence-electron chi connectivity index (χ0n) is 31.3. The van der Waals surface area contributed by atoms with E-state index >= 15 is 0 Å². The third-order valence-electron chi connectivity index (χ3n) is 11.6. The molecule has 272 valence electrons. The first-order valence-corrected chi connectivity index (χ1v) is 21.3. The molecule has 0 saturated heterocycles. The van der Waals surface area contributed by atoms with Crippen molar-refractivity contribution in [3.8, 4) is 27.9 Å². The average molecular weight is 775 g/mol. The third kappa shape index (κ3) is 5.30. The molecule has 0 atom stereocenters. The van der Waals surface area contributed by atoms with E-state index in [-0.39, 0.29) is 0 Å². The van der Waals surface area contributed by atoms with Gasteiger partial charge in [0.15, 0.2) is 0 Å². The van der Waals surface area contributed by atoms with E-state index in [2.05, 4.69) is 216 Å². The molecule has 12 aromatic rings. The number of benzene rings is 9. The molecule has 2 nitrogen and oxygen atoms in total. The van der Waals surface area contributed by atoms with Crippen LogP contribution in [0.25, 0.3) is 90.1 Å². The van der Waals surface area contributed by atoms with Crippen LogP contribution in [-0.4, -0.2) is 4.57 Å². The Hall–Kier alpha value is -6.98. The normalized spacial score (nSPS) is 11.8. The molecule has 0 unspecified atom stereocenters. The van der Waals surface area contributed by atoms with Crippen molar-refractivity contribution in [1.29, 1.82) is 0 Å². The summed E-state index contributed by atoms with van der Waals surface area (Å²) in [5.41, 5.74) is 10.7. The fourth-order valence-electron chi connectivity index (χ4n) is 8.81. The number of nitrogens with zero attached hydrogens (tertiary/aromatic N) is 2. The van der Waals surface area contributed by atoms with E-state index in [0.29, 0.717) is 0 Å². The van der Waals surface area contributed by atoms with Crippen molar-refractivity contribution in [2.45, 2.75) is 0 Å². The van der Waals surface area contributed by atoms with Crippen molar-refractivity contribution in [3.63, 3.8) is 0 Å². The molecule has 3 aromatic heterocycles. The molecule has 0 N–H and O–H groups in total. The molecular formula is C54H34N2S2. The van der Waals surface area contributed by atoms with Crippen LogP contribution in [0.1, 0.15) is 0 Å². The van der Waals surface area contributed by atoms with Gasteiger partial charge in [-0.15, -0.1) is 22.7 Å². The second-order valence-corrected chi connectivity index (χ2v) is 17.0. The molecule has 0 bridgehead atoms. The van der Waals surface area contributed by atoms with Crippen molar-refractivity contribution in [2.24, 2.45) is 0 Å². The van der Waals surface area contributed by atoms with E-state index in [4.69, 9.17) is 0 Å². The van der Waals surface area contributed by atoms with E-state index in [1.54, 1.807) is 0 Å². The summed E-state index contributed by atoms with van der Waals surface area (Å²) in [7, 11) is 0. The van der Waals surface area contributed by atoms with Crippen molar-refractivity contribution in [2.75, 3.05) is 4.90 Å². The van der Waals surface area contributed by atoms with Gasteiger partial charge in [-0.2, -0.15) is 0 Å². The van der Waals surface area contributed by atoms with E-state index in [9.17, 15) is 0 Å². The zero-order valence-corrected chi connectivity index (χ0v) is 33.0. The molecule has 0 aliphatic carbocycles. The standard InChI is InChI=1S/C54H34N2S2/c1-2-13-41(14-3-1)56-48-18-8-6-16-46(48)52-47-32-27-40(34-51(47)58-54(52)56)37-25-30-43(31-26-37)55(49-19-10-17-45-44-15-7-9-20-50(44)57-53(45)49)42-28-23-36(24-29-42)39-22-21-35-11-4-5-12-38(35)33-39/h1-34H. The van der Waals surface area contributed by atoms with Crippen molar-refractivity contribution < 1.29 is 0 Å². The van der Waals surface area contributed by atoms with E-state index in [0.717, 1.165) is 11.4 Å². The molecule has 58 heavy (non-hydrogen) atoms. The van der Waals surface area contributed by atoms with Gasteiger partial charge in [0.05, 0.1) is 15.9 Å². The number of anilines is 3. The summed E-state index contributed by atoms with van der Waals surface area (Å²) in [6.45, 7) is 0. The highest BCUT2D eigenvalue weighted by atomic mass is 32.1. The first kappa shape index (κ1) is 33.2. The van der Waals surface area contributed by atoms with Crippen molar-refractivity contribution in [1.82, 2.24) is 4.57 Å². The molecule has 0 aliphatic heterocycles. The Labute approximate surface area is 343 Å². The van der Waals surface area contributed by atoms with E-state index in [1.165, 1.54) is 95.8 Å². The summed E-state index contributed by atoms with van der Waals surface area (Å²) in [4.78, 5) is 3.71. The Morgan fingerprint density at radius 1 is 0.379 bits per heavy atom. The van der Waals surface area contributed by atoms with E-state index < -0.39 is 0 Å². The number of aromatic nitrogens is 1. The first-order chi connectivity index (χ1) is 28.7. The maximum atomic E-state index is 2.42. The van der Waals surface area contributed by atoms with Crippen LogP contribution in [0, 0.1) is 0 Å². The van der Waals surface area contributed by atoms with Crippen LogP contribution in [0.5, 0.6) is 0 Å². The van der Waals surface area contributed by atoms with Gasteiger partial charge < -0.3 is 9.47 Å². The summed E-state index contributed by atoms with van der Waals surface area (Å²) < 4.78 is 6.31. The molecule has 12 rings (SSSR count). The summed E-state index contributed by atoms with van der Waals surface area (Å²) >= 11 is 3.75. The van der Waals surface area contributed by atoms with Crippen LogP contribution >= 0.6 is 22.7 Å². The lowest BCUT2D eigenvalue weighted by Crippen LogP contribution is -2.10. The van der Waals surface area contributed by atoms with Gasteiger partial charge in [-0.05, 0) is 99.8 Å². The maximum Gasteiger partial charge on any atom is 0.109 e. The fraction of sp³-hybridized carbons (Fsp3) is 0. The number of fused-ring (bicyclic) bond motifs is 9. The molecular weight excluding hydrogens is 741 g/mol. The minimum atomic E-state index is 1.12. The van der Waals surface area contributed by atoms with Crippen LogP contribution in [0.4, 0.5) is 17.1 Å². The van der Waals surface area contributed by atoms with Crippen LogP contribution in [0.3, 0.4) is 0 Å². The molecule has 4 heteroatoms. The molecule has 0 fully saturated rings. The Balaban J connectivity index is 0.961. The monoisotopic (exact) mass is 774 g/mol. The van der Waals surface area contributed by atoms with Gasteiger partial charge in [-0.1, -0.05) is 140 Å². The second kappa shape index (κ2) is 13.3. The average Bonchev–Trinajstić information content (AvgIpc) is 3.96. The van der Waals surface area contributed by atoms with Crippen LogP contribution in [-0.2, 0) is 0 Å². The lowest BCUT2D eigenvalue weighted by atomic mass is 10.0. The predicted octanol–water partition coefficient (Wildman–Crippen LogP) is 16.3. The highest BCUT2D eigenvalue weighted by Crippen LogP contribution is 2.46. The molecule has 0 saturated carbocycles. The van der Waals surface area contributed by atoms with Gasteiger partial charge in [0, 0.05) is 53.4 Å². The third-order valence-corrected chi connectivity index (χ3v) is 13.9. The number of hydrogen-bond acceptors (Lipinski definition) is 3. The number of para-hydroxylation sites is 2. The Kier molecular flexibility index (Phi) is 7.62. The van der Waals surface area contributed by atoms with Gasteiger partial charge in [0.1, 0.15) is 4.83 Å². The first-order valence-electron chi connectivity index (χ1n) is 19.7.